The molecule has 0 aliphatic carbocycles. The van der Waals surface area contributed by atoms with Gasteiger partial charge in [0.15, 0.2) is 15.2 Å². The van der Waals surface area contributed by atoms with E-state index in [0.29, 0.717) is 4.47 Å². The Hall–Kier alpha value is -0.990. The van der Waals surface area contributed by atoms with E-state index in [-0.39, 0.29) is 5.56 Å². The van der Waals surface area contributed by atoms with Crippen molar-refractivity contribution in [3.63, 3.8) is 0 Å². The molecule has 2 N–H and O–H groups in total. The summed E-state index contributed by atoms with van der Waals surface area (Å²) in [6.45, 7) is 0.373. The van der Waals surface area contributed by atoms with Gasteiger partial charge in [-0.1, -0.05) is 22.0 Å². The molecule has 19 heavy (non-hydrogen) atoms. The van der Waals surface area contributed by atoms with Gasteiger partial charge in [-0.15, -0.1) is 0 Å². The van der Waals surface area contributed by atoms with Gasteiger partial charge in [0, 0.05) is 17.0 Å². The van der Waals surface area contributed by atoms with Crippen LogP contribution in [0.3, 0.4) is 0 Å². The highest BCUT2D eigenvalue weighted by Gasteiger charge is 2.26. The molecular weight excluding hydrogens is 341 g/mol. The number of rotatable bonds is 5. The molecule has 5 nitrogen and oxygen atoms in total. The highest BCUT2D eigenvalue weighted by atomic mass is 79.9. The van der Waals surface area contributed by atoms with Crippen LogP contribution in [0.2, 0.25) is 0 Å². The number of hydrogen-bond acceptors (Lipinski definition) is 4. The molecule has 0 heterocycles. The zero-order valence-corrected chi connectivity index (χ0v) is 12.5. The maximum Gasteiger partial charge on any atom is 0.217 e. The van der Waals surface area contributed by atoms with Gasteiger partial charge in [0.05, 0.1) is 12.4 Å². The summed E-state index contributed by atoms with van der Waals surface area (Å²) >= 11 is 3.06. The van der Waals surface area contributed by atoms with Crippen molar-refractivity contribution in [2.24, 2.45) is 0 Å². The summed E-state index contributed by atoms with van der Waals surface area (Å²) in [5.74, 6) is -1.85. The quantitative estimate of drug-likeness (QED) is 0.825. The van der Waals surface area contributed by atoms with E-state index in [4.69, 9.17) is 5.11 Å². The molecule has 1 atom stereocenters. The number of carbonyl (C=O) groups is 1. The minimum Gasteiger partial charge on any atom is -0.393 e. The van der Waals surface area contributed by atoms with Crippen LogP contribution in [0.5, 0.6) is 0 Å². The third-order valence-electron chi connectivity index (χ3n) is 2.34. The summed E-state index contributed by atoms with van der Waals surface area (Å²) in [6.07, 6.45) is 0. The highest BCUT2D eigenvalue weighted by molar-refractivity contribution is 9.10. The molecule has 0 aliphatic heterocycles. The lowest BCUT2D eigenvalue weighted by molar-refractivity contribution is -0.119. The Bertz CT molecular complexity index is 576. The molecule has 0 radical (unpaired) electrons. The standard InChI is InChI=1S/C11H13BrFNO4S/c1-7(16)14-11(5-15)19(17,18)6-8-2-3-9(12)4-10(8)13/h2-4,11,15H,5-6H2,1H3,(H,14,16). The van der Waals surface area contributed by atoms with Crippen LogP contribution in [0, 0.1) is 5.82 Å². The average Bonchev–Trinajstić information content (AvgIpc) is 2.29. The van der Waals surface area contributed by atoms with Crippen molar-refractivity contribution in [2.75, 3.05) is 6.61 Å². The van der Waals surface area contributed by atoms with Crippen molar-refractivity contribution in [2.45, 2.75) is 18.1 Å². The van der Waals surface area contributed by atoms with Gasteiger partial charge in [0.1, 0.15) is 5.82 Å². The number of sulfone groups is 1. The molecule has 1 rings (SSSR count). The van der Waals surface area contributed by atoms with E-state index in [0.717, 1.165) is 13.0 Å². The van der Waals surface area contributed by atoms with Crippen molar-refractivity contribution in [3.8, 4) is 0 Å². The van der Waals surface area contributed by atoms with Crippen molar-refractivity contribution < 1.29 is 22.7 Å². The summed E-state index contributed by atoms with van der Waals surface area (Å²) in [4.78, 5) is 10.9. The normalized spacial score (nSPS) is 13.1. The van der Waals surface area contributed by atoms with Gasteiger partial charge in [-0.25, -0.2) is 12.8 Å². The number of hydrogen-bond donors (Lipinski definition) is 2. The van der Waals surface area contributed by atoms with Crippen LogP contribution in [0.4, 0.5) is 4.39 Å². The van der Waals surface area contributed by atoms with Gasteiger partial charge in [-0.3, -0.25) is 4.79 Å². The van der Waals surface area contributed by atoms with E-state index >= 15 is 0 Å². The molecular formula is C11H13BrFNO4S. The Morgan fingerprint density at radius 2 is 2.16 bits per heavy atom. The van der Waals surface area contributed by atoms with Crippen molar-refractivity contribution >= 4 is 31.7 Å². The van der Waals surface area contributed by atoms with Crippen LogP contribution in [0.15, 0.2) is 22.7 Å². The van der Waals surface area contributed by atoms with E-state index in [1.54, 1.807) is 0 Å². The van der Waals surface area contributed by atoms with Gasteiger partial charge >= 0.3 is 0 Å². The first kappa shape index (κ1) is 16.1. The number of halogens is 2. The second-order valence-corrected chi connectivity index (χ2v) is 7.01. The number of carbonyl (C=O) groups excluding carboxylic acids is 1. The average molecular weight is 354 g/mol. The lowest BCUT2D eigenvalue weighted by Gasteiger charge is -2.16. The fourth-order valence-electron chi connectivity index (χ4n) is 1.43. The second-order valence-electron chi connectivity index (χ2n) is 3.91. The lowest BCUT2D eigenvalue weighted by atomic mass is 10.2. The molecule has 1 aromatic rings. The predicted molar refractivity (Wildman–Crippen MR) is 71.4 cm³/mol. The van der Waals surface area contributed by atoms with Crippen LogP contribution in [0.1, 0.15) is 12.5 Å². The van der Waals surface area contributed by atoms with Crippen LogP contribution in [-0.4, -0.2) is 31.4 Å². The summed E-state index contributed by atoms with van der Waals surface area (Å²) < 4.78 is 38.0. The Kier molecular flexibility index (Phi) is 5.45. The van der Waals surface area contributed by atoms with E-state index < -0.39 is 39.3 Å². The third-order valence-corrected chi connectivity index (χ3v) is 4.68. The number of aliphatic hydroxyl groups is 1. The molecule has 1 aromatic carbocycles. The second kappa shape index (κ2) is 6.44. The molecule has 1 amide bonds. The van der Waals surface area contributed by atoms with Gasteiger partial charge in [-0.05, 0) is 12.1 Å². The summed E-state index contributed by atoms with van der Waals surface area (Å²) in [7, 11) is -3.89. The summed E-state index contributed by atoms with van der Waals surface area (Å²) in [5.41, 5.74) is -0.0213. The summed E-state index contributed by atoms with van der Waals surface area (Å²) in [5, 5.41) is 9.68. The van der Waals surface area contributed by atoms with Gasteiger partial charge in [0.25, 0.3) is 0 Å². The minimum atomic E-state index is -3.89. The molecule has 0 aliphatic rings. The van der Waals surface area contributed by atoms with E-state index in [2.05, 4.69) is 21.2 Å². The van der Waals surface area contributed by atoms with Crippen LogP contribution >= 0.6 is 15.9 Å². The van der Waals surface area contributed by atoms with Crippen LogP contribution < -0.4 is 5.32 Å². The molecule has 106 valence electrons. The molecule has 1 unspecified atom stereocenters. The topological polar surface area (TPSA) is 83.5 Å². The Balaban J connectivity index is 2.97. The SMILES string of the molecule is CC(=O)NC(CO)S(=O)(=O)Cc1ccc(Br)cc1F. The van der Waals surface area contributed by atoms with Gasteiger partial charge in [-0.2, -0.15) is 0 Å². The highest BCUT2D eigenvalue weighted by Crippen LogP contribution is 2.18. The van der Waals surface area contributed by atoms with Gasteiger partial charge < -0.3 is 10.4 Å². The molecule has 0 saturated carbocycles. The molecule has 0 saturated heterocycles. The molecule has 0 bridgehead atoms. The summed E-state index contributed by atoms with van der Waals surface area (Å²) in [6, 6.07) is 4.00. The minimum absolute atomic E-state index is 0.0213. The first-order valence-electron chi connectivity index (χ1n) is 5.29. The fourth-order valence-corrected chi connectivity index (χ4v) is 3.21. The van der Waals surface area contributed by atoms with Gasteiger partial charge in [0.2, 0.25) is 5.91 Å². The number of benzene rings is 1. The van der Waals surface area contributed by atoms with E-state index in [1.165, 1.54) is 12.1 Å². The first-order chi connectivity index (χ1) is 8.76. The molecule has 0 fully saturated rings. The van der Waals surface area contributed by atoms with Crippen LogP contribution in [0.25, 0.3) is 0 Å². The Morgan fingerprint density at radius 1 is 1.53 bits per heavy atom. The fraction of sp³-hybridized carbons (Fsp3) is 0.364. The van der Waals surface area contributed by atoms with E-state index in [9.17, 15) is 17.6 Å². The zero-order chi connectivity index (χ0) is 14.6. The maximum atomic E-state index is 13.6. The predicted octanol–water partition coefficient (Wildman–Crippen LogP) is 0.958. The van der Waals surface area contributed by atoms with Crippen molar-refractivity contribution in [1.29, 1.82) is 0 Å². The number of aliphatic hydroxyl groups excluding tert-OH is 1. The molecule has 0 spiro atoms. The first-order valence-corrected chi connectivity index (χ1v) is 7.80. The Morgan fingerprint density at radius 3 is 2.63 bits per heavy atom. The smallest absolute Gasteiger partial charge is 0.217 e. The zero-order valence-electron chi connectivity index (χ0n) is 10.1. The van der Waals surface area contributed by atoms with E-state index in [1.807, 2.05) is 0 Å². The monoisotopic (exact) mass is 353 g/mol. The molecule has 0 aromatic heterocycles. The molecule has 8 heteroatoms. The third kappa shape index (κ3) is 4.55. The van der Waals surface area contributed by atoms with Crippen molar-refractivity contribution in [3.05, 3.63) is 34.1 Å². The Labute approximate surface area is 118 Å². The van der Waals surface area contributed by atoms with Crippen LogP contribution in [-0.2, 0) is 20.4 Å². The van der Waals surface area contributed by atoms with Crippen molar-refractivity contribution in [1.82, 2.24) is 5.32 Å². The number of amides is 1. The largest absolute Gasteiger partial charge is 0.393 e. The lowest BCUT2D eigenvalue weighted by Crippen LogP contribution is -2.42. The number of nitrogens with one attached hydrogen (secondary N) is 1. The maximum absolute atomic E-state index is 13.6.